The average Bonchev–Trinajstić information content (AvgIpc) is 3.10. The van der Waals surface area contributed by atoms with Gasteiger partial charge in [-0.2, -0.15) is 0 Å². The molecular formula is C21H23N3O3S. The quantitative estimate of drug-likeness (QED) is 0.540. The molecule has 0 aliphatic heterocycles. The van der Waals surface area contributed by atoms with Crippen LogP contribution in [0, 0.1) is 0 Å². The van der Waals surface area contributed by atoms with Crippen LogP contribution in [0.5, 0.6) is 5.75 Å². The number of carbonyl (C=O) groups excluding carboxylic acids is 1. The largest absolute Gasteiger partial charge is 0.494 e. The van der Waals surface area contributed by atoms with Gasteiger partial charge in [0.15, 0.2) is 5.16 Å². The Kier molecular flexibility index (Phi) is 7.11. The van der Waals surface area contributed by atoms with Crippen LogP contribution in [-0.4, -0.2) is 32.9 Å². The van der Waals surface area contributed by atoms with E-state index in [0.29, 0.717) is 18.3 Å². The van der Waals surface area contributed by atoms with E-state index in [4.69, 9.17) is 4.74 Å². The number of ether oxygens (including phenoxy) is 1. The highest BCUT2D eigenvalue weighted by atomic mass is 32.2. The zero-order valence-corrected chi connectivity index (χ0v) is 16.5. The Morgan fingerprint density at radius 3 is 2.61 bits per heavy atom. The van der Waals surface area contributed by atoms with Gasteiger partial charge in [0.05, 0.1) is 30.9 Å². The number of benzene rings is 2. The highest BCUT2D eigenvalue weighted by molar-refractivity contribution is 7.99. The molecule has 146 valence electrons. The van der Waals surface area contributed by atoms with E-state index in [2.05, 4.69) is 10.3 Å². The van der Waals surface area contributed by atoms with E-state index >= 15 is 0 Å². The molecule has 1 heterocycles. The maximum atomic E-state index is 12.3. The van der Waals surface area contributed by atoms with Crippen LogP contribution in [0.1, 0.15) is 18.2 Å². The minimum atomic E-state index is -0.117. The number of aliphatic hydroxyl groups is 1. The SMILES string of the molecule is CCOc1ccc(NC(=O)CSc2ncc(CO)n2Cc2ccccc2)cc1. The molecule has 0 saturated carbocycles. The predicted octanol–water partition coefficient (Wildman–Crippen LogP) is 3.55. The number of aliphatic hydroxyl groups excluding tert-OH is 1. The molecule has 0 radical (unpaired) electrons. The fourth-order valence-electron chi connectivity index (χ4n) is 2.70. The molecule has 1 amide bonds. The summed E-state index contributed by atoms with van der Waals surface area (Å²) in [6.07, 6.45) is 1.65. The van der Waals surface area contributed by atoms with Crippen LogP contribution >= 0.6 is 11.8 Å². The first-order valence-corrected chi connectivity index (χ1v) is 10.0. The van der Waals surface area contributed by atoms with E-state index in [-0.39, 0.29) is 18.3 Å². The van der Waals surface area contributed by atoms with Crippen molar-refractivity contribution >= 4 is 23.4 Å². The summed E-state index contributed by atoms with van der Waals surface area (Å²) in [4.78, 5) is 16.7. The van der Waals surface area contributed by atoms with Gasteiger partial charge >= 0.3 is 0 Å². The Morgan fingerprint density at radius 1 is 1.18 bits per heavy atom. The van der Waals surface area contributed by atoms with Gasteiger partial charge in [-0.1, -0.05) is 42.1 Å². The third kappa shape index (κ3) is 5.37. The maximum Gasteiger partial charge on any atom is 0.234 e. The number of aromatic nitrogens is 2. The fourth-order valence-corrected chi connectivity index (χ4v) is 3.49. The number of rotatable bonds is 9. The first-order chi connectivity index (χ1) is 13.7. The van der Waals surface area contributed by atoms with E-state index in [1.54, 1.807) is 6.20 Å². The van der Waals surface area contributed by atoms with E-state index in [9.17, 15) is 9.90 Å². The minimum absolute atomic E-state index is 0.0984. The molecule has 0 spiro atoms. The fraction of sp³-hybridized carbons (Fsp3) is 0.238. The summed E-state index contributed by atoms with van der Waals surface area (Å²) in [7, 11) is 0. The van der Waals surface area contributed by atoms with Crippen LogP contribution in [0.15, 0.2) is 66.0 Å². The van der Waals surface area contributed by atoms with Crippen molar-refractivity contribution in [3.05, 3.63) is 72.1 Å². The molecule has 0 bridgehead atoms. The molecule has 1 aromatic heterocycles. The van der Waals surface area contributed by atoms with Crippen molar-refractivity contribution in [1.82, 2.24) is 9.55 Å². The third-order valence-corrected chi connectivity index (χ3v) is 5.02. The van der Waals surface area contributed by atoms with Crippen LogP contribution in [-0.2, 0) is 17.9 Å². The van der Waals surface area contributed by atoms with Crippen molar-refractivity contribution in [1.29, 1.82) is 0 Å². The van der Waals surface area contributed by atoms with E-state index in [1.165, 1.54) is 11.8 Å². The molecule has 0 fully saturated rings. The molecule has 2 aromatic carbocycles. The molecule has 0 aliphatic rings. The van der Waals surface area contributed by atoms with Crippen molar-refractivity contribution < 1.29 is 14.6 Å². The normalized spacial score (nSPS) is 10.6. The monoisotopic (exact) mass is 397 g/mol. The zero-order valence-electron chi connectivity index (χ0n) is 15.7. The Morgan fingerprint density at radius 2 is 1.93 bits per heavy atom. The molecule has 3 rings (SSSR count). The molecule has 0 atom stereocenters. The number of carbonyl (C=O) groups is 1. The standard InChI is InChI=1S/C21H23N3O3S/c1-2-27-19-10-8-17(9-11-19)23-20(26)15-28-21-22-12-18(14-25)24(21)13-16-6-4-3-5-7-16/h3-12,25H,2,13-15H2,1H3,(H,23,26). The second-order valence-corrected chi connectivity index (χ2v) is 7.00. The molecular weight excluding hydrogens is 374 g/mol. The van der Waals surface area contributed by atoms with Crippen LogP contribution in [0.3, 0.4) is 0 Å². The third-order valence-electron chi connectivity index (χ3n) is 4.03. The summed E-state index contributed by atoms with van der Waals surface area (Å²) in [5, 5.41) is 13.2. The molecule has 0 unspecified atom stereocenters. The zero-order chi connectivity index (χ0) is 19.8. The molecule has 28 heavy (non-hydrogen) atoms. The topological polar surface area (TPSA) is 76.4 Å². The van der Waals surface area contributed by atoms with Crippen molar-refractivity contribution in [3.8, 4) is 5.75 Å². The number of hydrogen-bond acceptors (Lipinski definition) is 5. The van der Waals surface area contributed by atoms with Crippen LogP contribution in [0.4, 0.5) is 5.69 Å². The van der Waals surface area contributed by atoms with Crippen LogP contribution < -0.4 is 10.1 Å². The van der Waals surface area contributed by atoms with Gasteiger partial charge in [-0.3, -0.25) is 4.79 Å². The van der Waals surface area contributed by atoms with Gasteiger partial charge in [0.25, 0.3) is 0 Å². The van der Waals surface area contributed by atoms with Gasteiger partial charge in [-0.15, -0.1) is 0 Å². The predicted molar refractivity (Wildman–Crippen MR) is 111 cm³/mol. The molecule has 0 aliphatic carbocycles. The van der Waals surface area contributed by atoms with Crippen molar-refractivity contribution in [2.75, 3.05) is 17.7 Å². The lowest BCUT2D eigenvalue weighted by Gasteiger charge is -2.11. The van der Waals surface area contributed by atoms with Gasteiger partial charge in [0.2, 0.25) is 5.91 Å². The Balaban J connectivity index is 1.60. The maximum absolute atomic E-state index is 12.3. The minimum Gasteiger partial charge on any atom is -0.494 e. The second kappa shape index (κ2) is 9.96. The average molecular weight is 398 g/mol. The summed E-state index contributed by atoms with van der Waals surface area (Å²) in [5.74, 6) is 0.882. The van der Waals surface area contributed by atoms with E-state index < -0.39 is 0 Å². The number of nitrogens with zero attached hydrogens (tertiary/aromatic N) is 2. The number of nitrogens with one attached hydrogen (secondary N) is 1. The molecule has 0 saturated heterocycles. The summed E-state index contributed by atoms with van der Waals surface area (Å²) in [6, 6.07) is 17.2. The van der Waals surface area contributed by atoms with Gasteiger partial charge < -0.3 is 19.7 Å². The van der Waals surface area contributed by atoms with Crippen molar-refractivity contribution in [2.24, 2.45) is 0 Å². The molecule has 3 aromatic rings. The van der Waals surface area contributed by atoms with Gasteiger partial charge in [0.1, 0.15) is 5.75 Å². The summed E-state index contributed by atoms with van der Waals surface area (Å²) in [6.45, 7) is 3.03. The van der Waals surface area contributed by atoms with Crippen molar-refractivity contribution in [3.63, 3.8) is 0 Å². The van der Waals surface area contributed by atoms with E-state index in [0.717, 1.165) is 22.7 Å². The lowest BCUT2D eigenvalue weighted by molar-refractivity contribution is -0.113. The Bertz CT molecular complexity index is 895. The number of hydrogen-bond donors (Lipinski definition) is 2. The first-order valence-electron chi connectivity index (χ1n) is 9.04. The van der Waals surface area contributed by atoms with E-state index in [1.807, 2.05) is 66.1 Å². The second-order valence-electron chi connectivity index (χ2n) is 6.06. The number of thioether (sulfide) groups is 1. The molecule has 6 nitrogen and oxygen atoms in total. The number of amides is 1. The summed E-state index contributed by atoms with van der Waals surface area (Å²) < 4.78 is 7.33. The van der Waals surface area contributed by atoms with Gasteiger partial charge in [0, 0.05) is 12.2 Å². The number of imidazole rings is 1. The summed E-state index contributed by atoms with van der Waals surface area (Å²) in [5.41, 5.74) is 2.55. The molecule has 2 N–H and O–H groups in total. The number of anilines is 1. The first kappa shape index (κ1) is 20.0. The smallest absolute Gasteiger partial charge is 0.234 e. The van der Waals surface area contributed by atoms with Gasteiger partial charge in [-0.25, -0.2) is 4.98 Å². The lowest BCUT2D eigenvalue weighted by atomic mass is 10.2. The highest BCUT2D eigenvalue weighted by Gasteiger charge is 2.13. The Hall–Kier alpha value is -2.77. The lowest BCUT2D eigenvalue weighted by Crippen LogP contribution is -2.15. The highest BCUT2D eigenvalue weighted by Crippen LogP contribution is 2.21. The van der Waals surface area contributed by atoms with Gasteiger partial charge in [-0.05, 0) is 36.8 Å². The molecule has 7 heteroatoms. The van der Waals surface area contributed by atoms with Crippen LogP contribution in [0.25, 0.3) is 0 Å². The summed E-state index contributed by atoms with van der Waals surface area (Å²) >= 11 is 1.35. The van der Waals surface area contributed by atoms with Crippen molar-refractivity contribution in [2.45, 2.75) is 25.2 Å². The Labute approximate surface area is 168 Å². The van der Waals surface area contributed by atoms with Crippen LogP contribution in [0.2, 0.25) is 0 Å².